The van der Waals surface area contributed by atoms with Crippen LogP contribution in [0.2, 0.25) is 0 Å². The van der Waals surface area contributed by atoms with Crippen LogP contribution in [0.3, 0.4) is 0 Å². The van der Waals surface area contributed by atoms with Gasteiger partial charge in [0.15, 0.2) is 0 Å². The zero-order valence-electron chi connectivity index (χ0n) is 13.8. The standard InChI is InChI=1S/C20H15NO3S2/c1-2-11-21-18(22)17(26-20(21)25)13-14-7-6-10-16(12-14)24-19(23)15-8-4-3-5-9-15/h2-10,12-13H,1,11H2. The van der Waals surface area contributed by atoms with Crippen LogP contribution in [-0.2, 0) is 4.79 Å². The van der Waals surface area contributed by atoms with Gasteiger partial charge in [-0.05, 0) is 35.9 Å². The predicted molar refractivity (Wildman–Crippen MR) is 108 cm³/mol. The average molecular weight is 381 g/mol. The highest BCUT2D eigenvalue weighted by Crippen LogP contribution is 2.32. The molecule has 0 spiro atoms. The fraction of sp³-hybridized carbons (Fsp3) is 0.0500. The molecule has 1 fully saturated rings. The van der Waals surface area contributed by atoms with Crippen molar-refractivity contribution in [1.82, 2.24) is 4.90 Å². The van der Waals surface area contributed by atoms with Crippen molar-refractivity contribution < 1.29 is 14.3 Å². The van der Waals surface area contributed by atoms with E-state index in [4.69, 9.17) is 17.0 Å². The van der Waals surface area contributed by atoms with Crippen molar-refractivity contribution in [1.29, 1.82) is 0 Å². The van der Waals surface area contributed by atoms with Gasteiger partial charge in [0.05, 0.1) is 10.5 Å². The van der Waals surface area contributed by atoms with Crippen LogP contribution in [0, 0.1) is 0 Å². The number of carbonyl (C=O) groups excluding carboxylic acids is 2. The van der Waals surface area contributed by atoms with E-state index in [0.717, 1.165) is 5.56 Å². The van der Waals surface area contributed by atoms with Gasteiger partial charge >= 0.3 is 5.97 Å². The zero-order chi connectivity index (χ0) is 18.5. The Hall–Kier alpha value is -2.70. The Morgan fingerprint density at radius 1 is 1.19 bits per heavy atom. The summed E-state index contributed by atoms with van der Waals surface area (Å²) < 4.78 is 5.91. The van der Waals surface area contributed by atoms with Gasteiger partial charge in [0.25, 0.3) is 5.91 Å². The third-order valence-electron chi connectivity index (χ3n) is 3.56. The van der Waals surface area contributed by atoms with Crippen molar-refractivity contribution in [2.75, 3.05) is 6.54 Å². The highest BCUT2D eigenvalue weighted by Gasteiger charge is 2.30. The minimum absolute atomic E-state index is 0.147. The van der Waals surface area contributed by atoms with E-state index in [2.05, 4.69) is 6.58 Å². The summed E-state index contributed by atoms with van der Waals surface area (Å²) in [6, 6.07) is 15.8. The number of hydrogen-bond acceptors (Lipinski definition) is 5. The summed E-state index contributed by atoms with van der Waals surface area (Å²) in [6.07, 6.45) is 3.37. The van der Waals surface area contributed by atoms with Gasteiger partial charge in [0, 0.05) is 6.54 Å². The Labute approximate surface area is 161 Å². The quantitative estimate of drug-likeness (QED) is 0.254. The van der Waals surface area contributed by atoms with Crippen molar-refractivity contribution in [3.8, 4) is 5.75 Å². The number of thioether (sulfide) groups is 1. The number of amides is 1. The average Bonchev–Trinajstić information content (AvgIpc) is 2.90. The van der Waals surface area contributed by atoms with Crippen molar-refractivity contribution in [3.05, 3.63) is 83.3 Å². The molecule has 2 aromatic rings. The van der Waals surface area contributed by atoms with Crippen molar-refractivity contribution >= 4 is 46.3 Å². The van der Waals surface area contributed by atoms with Crippen LogP contribution in [0.5, 0.6) is 5.75 Å². The molecule has 0 aromatic heterocycles. The Balaban J connectivity index is 1.78. The predicted octanol–water partition coefficient (Wildman–Crippen LogP) is 4.29. The molecule has 130 valence electrons. The van der Waals surface area contributed by atoms with Gasteiger partial charge < -0.3 is 4.74 Å². The molecule has 1 aliphatic heterocycles. The summed E-state index contributed by atoms with van der Waals surface area (Å²) in [5, 5.41) is 0. The number of esters is 1. The largest absolute Gasteiger partial charge is 0.423 e. The molecule has 1 aliphatic rings. The second-order valence-electron chi connectivity index (χ2n) is 5.41. The lowest BCUT2D eigenvalue weighted by atomic mass is 10.2. The highest BCUT2D eigenvalue weighted by molar-refractivity contribution is 8.26. The van der Waals surface area contributed by atoms with Gasteiger partial charge in [-0.2, -0.15) is 0 Å². The maximum absolute atomic E-state index is 12.4. The van der Waals surface area contributed by atoms with Gasteiger partial charge in [-0.15, -0.1) is 6.58 Å². The molecule has 1 amide bonds. The Kier molecular flexibility index (Phi) is 5.65. The van der Waals surface area contributed by atoms with Gasteiger partial charge in [-0.1, -0.05) is 60.4 Å². The summed E-state index contributed by atoms with van der Waals surface area (Å²) in [5.74, 6) is -0.166. The first-order valence-corrected chi connectivity index (χ1v) is 9.04. The van der Waals surface area contributed by atoms with Crippen LogP contribution in [0.1, 0.15) is 15.9 Å². The lowest BCUT2D eigenvalue weighted by Crippen LogP contribution is -2.27. The maximum Gasteiger partial charge on any atom is 0.343 e. The molecule has 1 heterocycles. The smallest absolute Gasteiger partial charge is 0.343 e. The second-order valence-corrected chi connectivity index (χ2v) is 7.08. The molecule has 0 aliphatic carbocycles. The molecule has 26 heavy (non-hydrogen) atoms. The molecule has 3 rings (SSSR count). The summed E-state index contributed by atoms with van der Waals surface area (Å²) in [7, 11) is 0. The van der Waals surface area contributed by atoms with Gasteiger partial charge in [-0.3, -0.25) is 9.69 Å². The summed E-state index contributed by atoms with van der Waals surface area (Å²) in [6.45, 7) is 4.02. The molecular formula is C20H15NO3S2. The van der Waals surface area contributed by atoms with E-state index < -0.39 is 5.97 Å². The fourth-order valence-electron chi connectivity index (χ4n) is 2.35. The number of thiocarbonyl (C=S) groups is 1. The number of ether oxygens (including phenoxy) is 1. The molecular weight excluding hydrogens is 366 g/mol. The number of benzene rings is 2. The minimum Gasteiger partial charge on any atom is -0.423 e. The third-order valence-corrected chi connectivity index (χ3v) is 4.94. The van der Waals surface area contributed by atoms with E-state index in [1.807, 2.05) is 12.1 Å². The Morgan fingerprint density at radius 2 is 1.96 bits per heavy atom. The lowest BCUT2D eigenvalue weighted by Gasteiger charge is -2.10. The van der Waals surface area contributed by atoms with E-state index in [-0.39, 0.29) is 5.91 Å². The zero-order valence-corrected chi connectivity index (χ0v) is 15.4. The van der Waals surface area contributed by atoms with E-state index in [0.29, 0.717) is 27.1 Å². The van der Waals surface area contributed by atoms with Crippen LogP contribution in [0.25, 0.3) is 6.08 Å². The molecule has 2 aromatic carbocycles. The molecule has 6 heteroatoms. The van der Waals surface area contributed by atoms with Gasteiger partial charge in [0.1, 0.15) is 10.1 Å². The van der Waals surface area contributed by atoms with Crippen molar-refractivity contribution in [2.24, 2.45) is 0 Å². The van der Waals surface area contributed by atoms with E-state index in [1.165, 1.54) is 16.7 Å². The van der Waals surface area contributed by atoms with E-state index >= 15 is 0 Å². The first kappa shape index (κ1) is 18.1. The van der Waals surface area contributed by atoms with Crippen molar-refractivity contribution in [3.63, 3.8) is 0 Å². The summed E-state index contributed by atoms with van der Waals surface area (Å²) in [5.41, 5.74) is 1.23. The fourth-order valence-corrected chi connectivity index (χ4v) is 3.62. The molecule has 0 unspecified atom stereocenters. The monoisotopic (exact) mass is 381 g/mol. The number of hydrogen-bond donors (Lipinski definition) is 0. The first-order valence-electron chi connectivity index (χ1n) is 7.82. The van der Waals surface area contributed by atoms with Crippen LogP contribution < -0.4 is 4.74 Å². The Morgan fingerprint density at radius 3 is 2.69 bits per heavy atom. The third kappa shape index (κ3) is 4.09. The summed E-state index contributed by atoms with van der Waals surface area (Å²) in [4.78, 5) is 26.6. The van der Waals surface area contributed by atoms with Gasteiger partial charge in [0.2, 0.25) is 0 Å². The van der Waals surface area contributed by atoms with Crippen LogP contribution in [0.15, 0.2) is 72.2 Å². The maximum atomic E-state index is 12.4. The van der Waals surface area contributed by atoms with Crippen LogP contribution >= 0.6 is 24.0 Å². The van der Waals surface area contributed by atoms with E-state index in [1.54, 1.807) is 54.6 Å². The molecule has 0 saturated carbocycles. The molecule has 0 N–H and O–H groups in total. The second kappa shape index (κ2) is 8.12. The van der Waals surface area contributed by atoms with Crippen molar-refractivity contribution in [2.45, 2.75) is 0 Å². The minimum atomic E-state index is -0.431. The van der Waals surface area contributed by atoms with Crippen LogP contribution in [0.4, 0.5) is 0 Å². The molecule has 1 saturated heterocycles. The lowest BCUT2D eigenvalue weighted by molar-refractivity contribution is -0.121. The van der Waals surface area contributed by atoms with Gasteiger partial charge in [-0.25, -0.2) is 4.79 Å². The molecule has 0 bridgehead atoms. The normalized spacial score (nSPS) is 15.4. The highest BCUT2D eigenvalue weighted by atomic mass is 32.2. The number of nitrogens with zero attached hydrogens (tertiary/aromatic N) is 1. The Bertz CT molecular complexity index is 906. The van der Waals surface area contributed by atoms with E-state index in [9.17, 15) is 9.59 Å². The topological polar surface area (TPSA) is 46.6 Å². The number of carbonyl (C=O) groups is 2. The SMILES string of the molecule is C=CCN1C(=O)C(=Cc2cccc(OC(=O)c3ccccc3)c2)SC1=S. The van der Waals surface area contributed by atoms with Crippen LogP contribution in [-0.4, -0.2) is 27.6 Å². The molecule has 0 radical (unpaired) electrons. The molecule has 0 atom stereocenters. The summed E-state index contributed by atoms with van der Waals surface area (Å²) >= 11 is 6.47. The molecule has 4 nitrogen and oxygen atoms in total. The first-order chi connectivity index (χ1) is 12.6. The number of rotatable bonds is 5.